The molecule has 98 valence electrons. The summed E-state index contributed by atoms with van der Waals surface area (Å²) < 4.78 is 5.57. The zero-order chi connectivity index (χ0) is 13.5. The molecule has 0 aliphatic carbocycles. The van der Waals surface area contributed by atoms with Crippen molar-refractivity contribution in [1.29, 1.82) is 0 Å². The fraction of sp³-hybridized carbons (Fsp3) is 0.133. The lowest BCUT2D eigenvalue weighted by Gasteiger charge is -2.07. The summed E-state index contributed by atoms with van der Waals surface area (Å²) in [5.74, 6) is -0.173. The van der Waals surface area contributed by atoms with Gasteiger partial charge in [-0.1, -0.05) is 18.2 Å². The number of carboxylic acids is 1. The number of hydrogen-bond donors (Lipinski definition) is 2. The molecule has 0 radical (unpaired) electrons. The number of hydrogen-bond acceptors (Lipinski definition) is 2. The van der Waals surface area contributed by atoms with Gasteiger partial charge >= 0.3 is 5.97 Å². The lowest BCUT2D eigenvalue weighted by molar-refractivity contribution is -0.131. The lowest BCUT2D eigenvalue weighted by Crippen LogP contribution is -2.01. The smallest absolute Gasteiger partial charge is 0.328 e. The minimum atomic E-state index is -0.954. The van der Waals surface area contributed by atoms with E-state index in [4.69, 9.17) is 9.84 Å². The molecule has 4 nitrogen and oxygen atoms in total. The van der Waals surface area contributed by atoms with Crippen LogP contribution in [0.1, 0.15) is 12.1 Å². The molecule has 0 unspecified atom stereocenters. The first-order chi connectivity index (χ1) is 9.25. The van der Waals surface area contributed by atoms with Crippen molar-refractivity contribution in [3.05, 3.63) is 60.4 Å². The lowest BCUT2D eigenvalue weighted by atomic mass is 10.1. The second kappa shape index (κ2) is 6.44. The van der Waals surface area contributed by atoms with Crippen LogP contribution in [-0.2, 0) is 4.79 Å². The highest BCUT2D eigenvalue weighted by atomic mass is 16.5. The minimum Gasteiger partial charge on any atom is -0.493 e. The van der Waals surface area contributed by atoms with Gasteiger partial charge in [0.1, 0.15) is 5.75 Å². The molecule has 0 saturated carbocycles. The third kappa shape index (κ3) is 4.03. The molecule has 2 rings (SSSR count). The SMILES string of the molecule is O=C(O)/C=C(\CCOc1ccccc1)c1ccc[nH]1. The van der Waals surface area contributed by atoms with Gasteiger partial charge in [0.15, 0.2) is 0 Å². The molecule has 0 amide bonds. The van der Waals surface area contributed by atoms with E-state index in [1.165, 1.54) is 6.08 Å². The molecule has 0 aliphatic heterocycles. The van der Waals surface area contributed by atoms with Crippen LogP contribution in [0.5, 0.6) is 5.75 Å². The molecule has 0 aliphatic rings. The van der Waals surface area contributed by atoms with Crippen molar-refractivity contribution in [1.82, 2.24) is 4.98 Å². The van der Waals surface area contributed by atoms with Gasteiger partial charge in [-0.15, -0.1) is 0 Å². The van der Waals surface area contributed by atoms with Gasteiger partial charge in [-0.3, -0.25) is 0 Å². The number of nitrogens with one attached hydrogen (secondary N) is 1. The Bertz CT molecular complexity index is 544. The first kappa shape index (κ1) is 13.0. The van der Waals surface area contributed by atoms with Crippen molar-refractivity contribution in [2.75, 3.05) is 6.61 Å². The zero-order valence-corrected chi connectivity index (χ0v) is 10.4. The van der Waals surface area contributed by atoms with Crippen LogP contribution in [0.25, 0.3) is 5.57 Å². The molecule has 0 atom stereocenters. The molecular weight excluding hydrogens is 242 g/mol. The predicted molar refractivity (Wildman–Crippen MR) is 73.0 cm³/mol. The maximum atomic E-state index is 10.8. The summed E-state index contributed by atoms with van der Waals surface area (Å²) in [5, 5.41) is 8.87. The Kier molecular flexibility index (Phi) is 4.39. The summed E-state index contributed by atoms with van der Waals surface area (Å²) >= 11 is 0. The van der Waals surface area contributed by atoms with E-state index in [-0.39, 0.29) is 0 Å². The number of aromatic amines is 1. The van der Waals surface area contributed by atoms with Crippen LogP contribution >= 0.6 is 0 Å². The fourth-order valence-electron chi connectivity index (χ4n) is 1.76. The molecule has 0 fully saturated rings. The van der Waals surface area contributed by atoms with E-state index in [1.54, 1.807) is 6.20 Å². The molecule has 4 heteroatoms. The van der Waals surface area contributed by atoms with Crippen molar-refractivity contribution in [2.24, 2.45) is 0 Å². The van der Waals surface area contributed by atoms with Crippen molar-refractivity contribution in [3.8, 4) is 5.75 Å². The van der Waals surface area contributed by atoms with E-state index >= 15 is 0 Å². The van der Waals surface area contributed by atoms with Gasteiger partial charge in [0.2, 0.25) is 0 Å². The van der Waals surface area contributed by atoms with Crippen LogP contribution in [0.4, 0.5) is 0 Å². The normalized spacial score (nSPS) is 11.3. The number of carbonyl (C=O) groups is 1. The van der Waals surface area contributed by atoms with Crippen molar-refractivity contribution in [2.45, 2.75) is 6.42 Å². The number of aliphatic carboxylic acids is 1. The number of rotatable bonds is 6. The molecule has 2 N–H and O–H groups in total. The number of H-pyrrole nitrogens is 1. The van der Waals surface area contributed by atoms with E-state index < -0.39 is 5.97 Å². The molecule has 19 heavy (non-hydrogen) atoms. The quantitative estimate of drug-likeness (QED) is 0.782. The molecular formula is C15H15NO3. The molecule has 0 spiro atoms. The number of benzene rings is 1. The molecule has 0 bridgehead atoms. The number of carboxylic acid groups (broad SMARTS) is 1. The van der Waals surface area contributed by atoms with E-state index in [2.05, 4.69) is 4.98 Å². The first-order valence-corrected chi connectivity index (χ1v) is 6.01. The highest BCUT2D eigenvalue weighted by Gasteiger charge is 2.05. The molecule has 1 aromatic carbocycles. The second-order valence-electron chi connectivity index (χ2n) is 4.00. The minimum absolute atomic E-state index is 0.433. The number of aromatic nitrogens is 1. The Balaban J connectivity index is 1.96. The average Bonchev–Trinajstić information content (AvgIpc) is 2.92. The van der Waals surface area contributed by atoms with Gasteiger partial charge in [-0.2, -0.15) is 0 Å². The molecule has 2 aromatic rings. The van der Waals surface area contributed by atoms with Gasteiger partial charge in [0.25, 0.3) is 0 Å². The first-order valence-electron chi connectivity index (χ1n) is 6.01. The van der Waals surface area contributed by atoms with Gasteiger partial charge in [-0.05, 0) is 29.8 Å². The molecule has 1 heterocycles. The fourth-order valence-corrected chi connectivity index (χ4v) is 1.76. The maximum Gasteiger partial charge on any atom is 0.328 e. The van der Waals surface area contributed by atoms with Crippen LogP contribution < -0.4 is 4.74 Å². The van der Waals surface area contributed by atoms with Gasteiger partial charge in [-0.25, -0.2) is 4.79 Å². The van der Waals surface area contributed by atoms with Gasteiger partial charge in [0.05, 0.1) is 6.61 Å². The highest BCUT2D eigenvalue weighted by molar-refractivity contribution is 5.89. The van der Waals surface area contributed by atoms with Gasteiger partial charge < -0.3 is 14.8 Å². The van der Waals surface area contributed by atoms with Crippen molar-refractivity contribution >= 4 is 11.5 Å². The van der Waals surface area contributed by atoms with Crippen molar-refractivity contribution in [3.63, 3.8) is 0 Å². The van der Waals surface area contributed by atoms with E-state index in [0.717, 1.165) is 11.4 Å². The highest BCUT2D eigenvalue weighted by Crippen LogP contribution is 2.17. The Morgan fingerprint density at radius 3 is 2.63 bits per heavy atom. The van der Waals surface area contributed by atoms with Crippen LogP contribution in [0.3, 0.4) is 0 Å². The second-order valence-corrected chi connectivity index (χ2v) is 4.00. The number of ether oxygens (including phenoxy) is 1. The Morgan fingerprint density at radius 1 is 1.21 bits per heavy atom. The van der Waals surface area contributed by atoms with Crippen LogP contribution in [0, 0.1) is 0 Å². The Hall–Kier alpha value is -2.49. The van der Waals surface area contributed by atoms with E-state index in [9.17, 15) is 4.79 Å². The summed E-state index contributed by atoms with van der Waals surface area (Å²) in [6.07, 6.45) is 3.50. The average molecular weight is 257 g/mol. The monoisotopic (exact) mass is 257 g/mol. The third-order valence-electron chi connectivity index (χ3n) is 2.62. The summed E-state index contributed by atoms with van der Waals surface area (Å²) in [6.45, 7) is 0.433. The zero-order valence-electron chi connectivity index (χ0n) is 10.4. The van der Waals surface area contributed by atoms with E-state index in [1.807, 2.05) is 42.5 Å². The summed E-state index contributed by atoms with van der Waals surface area (Å²) in [6, 6.07) is 13.1. The summed E-state index contributed by atoms with van der Waals surface area (Å²) in [4.78, 5) is 13.8. The van der Waals surface area contributed by atoms with Crippen LogP contribution in [0.15, 0.2) is 54.7 Å². The van der Waals surface area contributed by atoms with Crippen LogP contribution in [-0.4, -0.2) is 22.7 Å². The third-order valence-corrected chi connectivity index (χ3v) is 2.62. The van der Waals surface area contributed by atoms with Crippen LogP contribution in [0.2, 0.25) is 0 Å². The Morgan fingerprint density at radius 2 is 2.00 bits per heavy atom. The standard InChI is InChI=1S/C15H15NO3/c17-15(18)11-12(14-7-4-9-16-14)8-10-19-13-5-2-1-3-6-13/h1-7,9,11,16H,8,10H2,(H,17,18)/b12-11+. The summed E-state index contributed by atoms with van der Waals surface area (Å²) in [7, 11) is 0. The maximum absolute atomic E-state index is 10.8. The number of para-hydroxylation sites is 1. The molecule has 0 saturated heterocycles. The van der Waals surface area contributed by atoms with Gasteiger partial charge in [0, 0.05) is 24.4 Å². The Labute approximate surface area is 111 Å². The molecule has 1 aromatic heterocycles. The predicted octanol–water partition coefficient (Wildman–Crippen LogP) is 2.95. The summed E-state index contributed by atoms with van der Waals surface area (Å²) in [5.41, 5.74) is 1.52. The van der Waals surface area contributed by atoms with E-state index in [0.29, 0.717) is 18.6 Å². The topological polar surface area (TPSA) is 62.3 Å². The largest absolute Gasteiger partial charge is 0.493 e. The van der Waals surface area contributed by atoms with Crippen molar-refractivity contribution < 1.29 is 14.6 Å².